The van der Waals surface area contributed by atoms with E-state index in [2.05, 4.69) is 0 Å². The molecule has 4 aromatic rings. The first kappa shape index (κ1) is 26.3. The molecule has 6 nitrogen and oxygen atoms in total. The summed E-state index contributed by atoms with van der Waals surface area (Å²) in [6, 6.07) is 30.3. The second-order valence-corrected chi connectivity index (χ2v) is 12.9. The molecule has 4 aromatic carbocycles. The number of hydrogen-bond acceptors (Lipinski definition) is 6. The zero-order chi connectivity index (χ0) is 29.4. The number of benzene rings is 4. The van der Waals surface area contributed by atoms with Crippen molar-refractivity contribution >= 4 is 0 Å². The smallest absolute Gasteiger partial charge is 0.142 e. The molecule has 42 heavy (non-hydrogen) atoms. The summed E-state index contributed by atoms with van der Waals surface area (Å²) in [5.74, 6) is -1.23. The summed E-state index contributed by atoms with van der Waals surface area (Å²) in [4.78, 5) is 0. The van der Waals surface area contributed by atoms with E-state index in [0.29, 0.717) is 11.1 Å². The first-order valence-electron chi connectivity index (χ1n) is 14.6. The van der Waals surface area contributed by atoms with Crippen molar-refractivity contribution in [3.8, 4) is 0 Å². The molecule has 4 aliphatic carbocycles. The van der Waals surface area contributed by atoms with E-state index in [-0.39, 0.29) is 0 Å². The Morgan fingerprint density at radius 2 is 1.14 bits per heavy atom. The van der Waals surface area contributed by atoms with E-state index in [1.54, 1.807) is 12.1 Å². The number of aliphatic hydroxyl groups excluding tert-OH is 3. The van der Waals surface area contributed by atoms with Gasteiger partial charge in [-0.15, -0.1) is 0 Å². The SMILES string of the molecule is Cc1ccc(C2c3ccccc3C23C(O)[C@@]2(O)C4(c5ccccc5C4c4ccc(C)cc4)[C@@](O)([C@H](O)CO)[C@@]32O)cc1. The zero-order valence-corrected chi connectivity index (χ0v) is 23.4. The molecule has 0 amide bonds. The highest BCUT2D eigenvalue weighted by molar-refractivity contribution is 5.78. The Balaban J connectivity index is 1.42. The summed E-state index contributed by atoms with van der Waals surface area (Å²) < 4.78 is 0. The first-order chi connectivity index (χ1) is 20.1. The van der Waals surface area contributed by atoms with Crippen molar-refractivity contribution in [2.45, 2.75) is 65.5 Å². The van der Waals surface area contributed by atoms with Crippen LogP contribution in [0.1, 0.15) is 56.3 Å². The molecule has 2 spiro atoms. The van der Waals surface area contributed by atoms with Crippen molar-refractivity contribution in [1.82, 2.24) is 0 Å². The Bertz CT molecular complexity index is 1750. The van der Waals surface area contributed by atoms with Crippen molar-refractivity contribution in [3.05, 3.63) is 142 Å². The van der Waals surface area contributed by atoms with Gasteiger partial charge in [-0.2, -0.15) is 0 Å². The van der Waals surface area contributed by atoms with Gasteiger partial charge in [0.25, 0.3) is 0 Å². The molecule has 6 N–H and O–H groups in total. The molecule has 214 valence electrons. The van der Waals surface area contributed by atoms with Gasteiger partial charge in [0.05, 0.1) is 17.4 Å². The van der Waals surface area contributed by atoms with Crippen LogP contribution in [0.2, 0.25) is 0 Å². The van der Waals surface area contributed by atoms with E-state index in [1.165, 1.54) is 0 Å². The van der Waals surface area contributed by atoms with Gasteiger partial charge in [0.15, 0.2) is 0 Å². The average Bonchev–Trinajstić information content (AvgIpc) is 2.99. The van der Waals surface area contributed by atoms with E-state index < -0.39 is 58.3 Å². The highest BCUT2D eigenvalue weighted by Gasteiger charge is 3.07. The molecule has 6 heteroatoms. The molecule has 8 rings (SSSR count). The Morgan fingerprint density at radius 3 is 1.69 bits per heavy atom. The number of aliphatic hydroxyl groups is 6. The molecular formula is C36H34O6. The largest absolute Gasteiger partial charge is 0.394 e. The average molecular weight is 563 g/mol. The summed E-state index contributed by atoms with van der Waals surface area (Å²) in [5.41, 5.74) is -3.77. The summed E-state index contributed by atoms with van der Waals surface area (Å²) in [7, 11) is 0. The molecule has 0 aromatic heterocycles. The Hall–Kier alpha value is -3.36. The summed E-state index contributed by atoms with van der Waals surface area (Å²) >= 11 is 0. The number of fused-ring (bicyclic) bond motifs is 7. The molecule has 0 bridgehead atoms. The molecule has 0 radical (unpaired) electrons. The molecule has 0 aliphatic heterocycles. The minimum Gasteiger partial charge on any atom is -0.394 e. The van der Waals surface area contributed by atoms with E-state index in [1.807, 2.05) is 98.8 Å². The minimum atomic E-state index is -2.43. The number of hydrogen-bond donors (Lipinski definition) is 6. The number of rotatable bonds is 4. The van der Waals surface area contributed by atoms with Crippen molar-refractivity contribution < 1.29 is 30.6 Å². The van der Waals surface area contributed by atoms with E-state index >= 15 is 0 Å². The van der Waals surface area contributed by atoms with Gasteiger partial charge in [0, 0.05) is 11.8 Å². The Morgan fingerprint density at radius 1 is 0.667 bits per heavy atom. The molecule has 2 saturated carbocycles. The van der Waals surface area contributed by atoms with Crippen molar-refractivity contribution in [2.75, 3.05) is 6.61 Å². The summed E-state index contributed by atoms with van der Waals surface area (Å²) in [6.45, 7) is 3.10. The predicted octanol–water partition coefficient (Wildman–Crippen LogP) is 2.70. The lowest BCUT2D eigenvalue weighted by Gasteiger charge is -2.93. The van der Waals surface area contributed by atoms with Gasteiger partial charge in [-0.25, -0.2) is 0 Å². The van der Waals surface area contributed by atoms with Gasteiger partial charge in [0.1, 0.15) is 29.0 Å². The van der Waals surface area contributed by atoms with Crippen molar-refractivity contribution in [2.24, 2.45) is 0 Å². The quantitative estimate of drug-likeness (QED) is 0.228. The van der Waals surface area contributed by atoms with Gasteiger partial charge in [0.2, 0.25) is 0 Å². The second kappa shape index (κ2) is 7.97. The highest BCUT2D eigenvalue weighted by Crippen LogP contribution is 2.90. The predicted molar refractivity (Wildman–Crippen MR) is 156 cm³/mol. The molecule has 5 unspecified atom stereocenters. The van der Waals surface area contributed by atoms with Crippen LogP contribution in [0.25, 0.3) is 0 Å². The second-order valence-electron chi connectivity index (χ2n) is 12.9. The fourth-order valence-corrected chi connectivity index (χ4v) is 10.0. The standard InChI is InChI=1S/C36H34O6/c1-20-11-15-22(16-12-20)29-24-7-3-5-9-26(24)32(29)31(39)35(41)33(34(40,28(38)19-37)36(32,35)42)27-10-6-4-8-25(27)30(33)23-17-13-21(2)14-18-23/h3-18,28-31,37-42H,19H2,1-2H3/t28-,29?,30?,31?,32?,33?,34+,35-,36+/m1/s1. The molecular weight excluding hydrogens is 528 g/mol. The van der Waals surface area contributed by atoms with Gasteiger partial charge >= 0.3 is 0 Å². The van der Waals surface area contributed by atoms with Crippen LogP contribution in [0.3, 0.4) is 0 Å². The normalized spacial score (nSPS) is 39.2. The van der Waals surface area contributed by atoms with Crippen LogP contribution in [-0.2, 0) is 10.8 Å². The monoisotopic (exact) mass is 562 g/mol. The van der Waals surface area contributed by atoms with Gasteiger partial charge in [-0.1, -0.05) is 108 Å². The van der Waals surface area contributed by atoms with Crippen LogP contribution >= 0.6 is 0 Å². The third kappa shape index (κ3) is 2.26. The van der Waals surface area contributed by atoms with Crippen LogP contribution in [-0.4, -0.2) is 66.3 Å². The number of aryl methyl sites for hydroxylation is 2. The lowest BCUT2D eigenvalue weighted by Crippen LogP contribution is -3.13. The lowest BCUT2D eigenvalue weighted by molar-refractivity contribution is -0.524. The molecule has 9 atom stereocenters. The van der Waals surface area contributed by atoms with Gasteiger partial charge in [-0.05, 0) is 47.2 Å². The van der Waals surface area contributed by atoms with Crippen LogP contribution in [0.5, 0.6) is 0 Å². The van der Waals surface area contributed by atoms with Crippen molar-refractivity contribution in [3.63, 3.8) is 0 Å². The first-order valence-corrected chi connectivity index (χ1v) is 14.6. The molecule has 4 aliphatic rings. The third-order valence-electron chi connectivity index (χ3n) is 11.5. The third-order valence-corrected chi connectivity index (χ3v) is 11.5. The molecule has 2 fully saturated rings. The van der Waals surface area contributed by atoms with Crippen LogP contribution < -0.4 is 0 Å². The van der Waals surface area contributed by atoms with Crippen LogP contribution in [0, 0.1) is 13.8 Å². The zero-order valence-electron chi connectivity index (χ0n) is 23.4. The van der Waals surface area contributed by atoms with E-state index in [0.717, 1.165) is 33.4 Å². The minimum absolute atomic E-state index is 0.547. The highest BCUT2D eigenvalue weighted by atomic mass is 16.5. The fourth-order valence-electron chi connectivity index (χ4n) is 10.0. The molecule has 0 heterocycles. The summed E-state index contributed by atoms with van der Waals surface area (Å²) in [5, 5.41) is 73.4. The maximum atomic E-state index is 13.0. The van der Waals surface area contributed by atoms with E-state index in [9.17, 15) is 30.6 Å². The Kier molecular flexibility index (Phi) is 4.99. The van der Waals surface area contributed by atoms with Crippen LogP contribution in [0.15, 0.2) is 97.1 Å². The van der Waals surface area contributed by atoms with Gasteiger partial charge < -0.3 is 30.6 Å². The fraction of sp³-hybridized carbons (Fsp3) is 0.333. The van der Waals surface area contributed by atoms with E-state index in [4.69, 9.17) is 0 Å². The van der Waals surface area contributed by atoms with Crippen molar-refractivity contribution in [1.29, 1.82) is 0 Å². The topological polar surface area (TPSA) is 121 Å². The maximum Gasteiger partial charge on any atom is 0.142 e. The Labute approximate surface area is 244 Å². The molecule has 0 saturated heterocycles. The van der Waals surface area contributed by atoms with Gasteiger partial charge in [-0.3, -0.25) is 0 Å². The summed E-state index contributed by atoms with van der Waals surface area (Å²) in [6.07, 6.45) is -3.32. The van der Waals surface area contributed by atoms with Crippen LogP contribution in [0.4, 0.5) is 0 Å². The maximum absolute atomic E-state index is 13.0. The lowest BCUT2D eigenvalue weighted by atomic mass is 9.12.